The normalized spacial score (nSPS) is 17.4. The van der Waals surface area contributed by atoms with E-state index in [1.165, 1.54) is 48.8 Å². The second kappa shape index (κ2) is 14.8. The van der Waals surface area contributed by atoms with Crippen molar-refractivity contribution < 1.29 is 23.7 Å². The van der Waals surface area contributed by atoms with Gasteiger partial charge in [-0.1, -0.05) is 31.4 Å². The monoisotopic (exact) mass is 590 g/mol. The van der Waals surface area contributed by atoms with E-state index in [9.17, 15) is 5.11 Å². The van der Waals surface area contributed by atoms with Crippen LogP contribution in [-0.4, -0.2) is 57.0 Å². The molecule has 0 saturated carbocycles. The fourth-order valence-electron chi connectivity index (χ4n) is 6.66. The number of hydrogen-bond donors (Lipinski definition) is 1. The Morgan fingerprint density at radius 2 is 1.63 bits per heavy atom. The summed E-state index contributed by atoms with van der Waals surface area (Å²) in [5.74, 6) is 1.98. The van der Waals surface area contributed by atoms with Crippen LogP contribution >= 0.6 is 0 Å². The Labute approximate surface area is 256 Å². The fourth-order valence-corrected chi connectivity index (χ4v) is 6.66. The number of halogens is 1. The van der Waals surface area contributed by atoms with Crippen LogP contribution in [0, 0.1) is 5.82 Å². The van der Waals surface area contributed by atoms with Gasteiger partial charge in [-0.25, -0.2) is 4.39 Å². The Hall–Kier alpha value is -3.45. The Bertz CT molecular complexity index is 1360. The van der Waals surface area contributed by atoms with Crippen LogP contribution in [0.4, 0.5) is 10.1 Å². The maximum atomic E-state index is 15.2. The van der Waals surface area contributed by atoms with Crippen LogP contribution < -0.4 is 19.1 Å². The zero-order chi connectivity index (χ0) is 30.2. The van der Waals surface area contributed by atoms with Crippen molar-refractivity contribution in [1.29, 1.82) is 0 Å². The van der Waals surface area contributed by atoms with Gasteiger partial charge in [0, 0.05) is 31.4 Å². The van der Waals surface area contributed by atoms with E-state index in [1.54, 1.807) is 32.4 Å². The number of benzene rings is 3. The minimum Gasteiger partial charge on any atom is -0.508 e. The highest BCUT2D eigenvalue weighted by molar-refractivity contribution is 5.64. The van der Waals surface area contributed by atoms with Crippen molar-refractivity contribution in [1.82, 2.24) is 4.90 Å². The third kappa shape index (κ3) is 7.74. The predicted octanol–water partition coefficient (Wildman–Crippen LogP) is 7.49. The average Bonchev–Trinajstić information content (AvgIpc) is 3.00. The molecule has 5 rings (SSSR count). The highest BCUT2D eigenvalue weighted by Crippen LogP contribution is 2.43. The molecule has 0 aromatic heterocycles. The van der Waals surface area contributed by atoms with Gasteiger partial charge in [0.25, 0.3) is 0 Å². The van der Waals surface area contributed by atoms with E-state index in [4.69, 9.17) is 14.2 Å². The molecule has 1 aliphatic heterocycles. The number of nitrogens with zero attached hydrogens (tertiary/aromatic N) is 2. The molecule has 2 aliphatic rings. The summed E-state index contributed by atoms with van der Waals surface area (Å²) in [6.45, 7) is 6.96. The summed E-state index contributed by atoms with van der Waals surface area (Å²) in [5.41, 5.74) is 5.64. The summed E-state index contributed by atoms with van der Waals surface area (Å²) < 4.78 is 32.5. The molecule has 7 heteroatoms. The van der Waals surface area contributed by atoms with Crippen LogP contribution in [0.3, 0.4) is 0 Å². The predicted molar refractivity (Wildman–Crippen MR) is 171 cm³/mol. The number of aryl methyl sites for hydroxylation is 1. The molecule has 3 aromatic rings. The summed E-state index contributed by atoms with van der Waals surface area (Å²) in [5, 5.41) is 9.96. The first-order valence-electron chi connectivity index (χ1n) is 15.9. The van der Waals surface area contributed by atoms with Crippen LogP contribution in [0.25, 0.3) is 0 Å². The van der Waals surface area contributed by atoms with E-state index in [0.717, 1.165) is 56.7 Å². The maximum Gasteiger partial charge on any atom is 0.165 e. The van der Waals surface area contributed by atoms with Gasteiger partial charge in [-0.2, -0.15) is 0 Å². The number of aromatic hydroxyl groups is 1. The molecule has 1 aliphatic carbocycles. The molecular formula is C36H47FN2O4. The van der Waals surface area contributed by atoms with Crippen molar-refractivity contribution in [2.45, 2.75) is 70.8 Å². The van der Waals surface area contributed by atoms with E-state index in [2.05, 4.69) is 28.9 Å². The van der Waals surface area contributed by atoms with Crippen molar-refractivity contribution in [3.63, 3.8) is 0 Å². The van der Waals surface area contributed by atoms with Gasteiger partial charge in [-0.05, 0) is 111 Å². The number of ether oxygens (including phenoxy) is 3. The Morgan fingerprint density at radius 3 is 2.35 bits per heavy atom. The lowest BCUT2D eigenvalue weighted by Gasteiger charge is -2.32. The average molecular weight is 591 g/mol. The van der Waals surface area contributed by atoms with Gasteiger partial charge in [-0.15, -0.1) is 0 Å². The molecule has 6 nitrogen and oxygen atoms in total. The molecule has 0 spiro atoms. The number of hydrogen-bond acceptors (Lipinski definition) is 6. The second-order valence-corrected chi connectivity index (χ2v) is 11.9. The number of phenolic OH excluding ortho intramolecular Hbond substituents is 1. The van der Waals surface area contributed by atoms with Crippen molar-refractivity contribution in [3.8, 4) is 23.0 Å². The van der Waals surface area contributed by atoms with Gasteiger partial charge in [-0.3, -0.25) is 4.90 Å². The number of methoxy groups -OCH3 is 2. The molecule has 1 heterocycles. The van der Waals surface area contributed by atoms with Gasteiger partial charge in [0.1, 0.15) is 12.4 Å². The number of phenols is 1. The van der Waals surface area contributed by atoms with Crippen LogP contribution in [0.1, 0.15) is 73.6 Å². The highest BCUT2D eigenvalue weighted by Gasteiger charge is 2.26. The van der Waals surface area contributed by atoms with Crippen LogP contribution in [0.5, 0.6) is 23.0 Å². The van der Waals surface area contributed by atoms with Crippen molar-refractivity contribution >= 4 is 5.69 Å². The Morgan fingerprint density at radius 1 is 0.884 bits per heavy atom. The SMILES string of the molecule is CCN(Cc1ccc(OCCN2CCCCCCC2)c(F)c1)c1cc(OC)c(OC)cc1C1CCc2cc(O)ccc2C1. The molecule has 0 amide bonds. The van der Waals surface area contributed by atoms with Crippen molar-refractivity contribution in [2.24, 2.45) is 0 Å². The quantitative estimate of drug-likeness (QED) is 0.250. The molecule has 0 radical (unpaired) electrons. The third-order valence-corrected chi connectivity index (χ3v) is 9.10. The van der Waals surface area contributed by atoms with E-state index in [0.29, 0.717) is 36.1 Å². The lowest BCUT2D eigenvalue weighted by Crippen LogP contribution is -2.31. The number of likely N-dealkylation sites (tertiary alicyclic amines) is 1. The first kappa shape index (κ1) is 31.0. The zero-order valence-electron chi connectivity index (χ0n) is 26.0. The lowest BCUT2D eigenvalue weighted by molar-refractivity contribution is 0.192. The topological polar surface area (TPSA) is 54.4 Å². The zero-order valence-corrected chi connectivity index (χ0v) is 26.0. The number of rotatable bonds is 11. The van der Waals surface area contributed by atoms with Crippen LogP contribution in [0.2, 0.25) is 0 Å². The standard InChI is InChI=1S/C36H47FN2O4/c1-4-39(25-26-10-15-34(32(37)20-26)43-19-18-38-16-8-6-5-7-9-17-38)33-24-36(42-3)35(41-2)23-31(33)29-12-11-28-22-30(40)14-13-27(28)21-29/h10,13-15,20,22-24,29,40H,4-9,11-12,16-19,21,25H2,1-3H3. The van der Waals surface area contributed by atoms with Gasteiger partial charge in [0.2, 0.25) is 0 Å². The van der Waals surface area contributed by atoms with Crippen LogP contribution in [-0.2, 0) is 19.4 Å². The Balaban J connectivity index is 1.32. The molecule has 232 valence electrons. The first-order chi connectivity index (χ1) is 21.0. The first-order valence-corrected chi connectivity index (χ1v) is 15.9. The molecular weight excluding hydrogens is 543 g/mol. The second-order valence-electron chi connectivity index (χ2n) is 11.9. The smallest absolute Gasteiger partial charge is 0.165 e. The molecule has 1 atom stereocenters. The van der Waals surface area contributed by atoms with Crippen LogP contribution in [0.15, 0.2) is 48.5 Å². The van der Waals surface area contributed by atoms with E-state index in [1.807, 2.05) is 18.2 Å². The molecule has 1 unspecified atom stereocenters. The molecule has 0 bridgehead atoms. The van der Waals surface area contributed by atoms with E-state index in [-0.39, 0.29) is 11.7 Å². The largest absolute Gasteiger partial charge is 0.508 e. The Kier molecular flexibility index (Phi) is 10.7. The van der Waals surface area contributed by atoms with Gasteiger partial charge in [0.15, 0.2) is 23.1 Å². The van der Waals surface area contributed by atoms with E-state index >= 15 is 4.39 Å². The number of fused-ring (bicyclic) bond motifs is 1. The minimum absolute atomic E-state index is 0.280. The summed E-state index contributed by atoms with van der Waals surface area (Å²) >= 11 is 0. The van der Waals surface area contributed by atoms with Gasteiger partial charge in [0.05, 0.1) is 14.2 Å². The van der Waals surface area contributed by atoms with Crippen molar-refractivity contribution in [3.05, 3.63) is 76.6 Å². The lowest BCUT2D eigenvalue weighted by atomic mass is 9.79. The summed E-state index contributed by atoms with van der Waals surface area (Å²) in [7, 11) is 3.32. The summed E-state index contributed by atoms with van der Waals surface area (Å²) in [6.07, 6.45) is 9.15. The minimum atomic E-state index is -0.319. The maximum absolute atomic E-state index is 15.2. The third-order valence-electron chi connectivity index (χ3n) is 9.10. The van der Waals surface area contributed by atoms with E-state index < -0.39 is 0 Å². The summed E-state index contributed by atoms with van der Waals surface area (Å²) in [4.78, 5) is 4.72. The molecule has 3 aromatic carbocycles. The number of anilines is 1. The fraction of sp³-hybridized carbons (Fsp3) is 0.500. The van der Waals surface area contributed by atoms with Gasteiger partial charge >= 0.3 is 0 Å². The molecule has 43 heavy (non-hydrogen) atoms. The highest BCUT2D eigenvalue weighted by atomic mass is 19.1. The molecule has 1 saturated heterocycles. The molecule has 1 N–H and O–H groups in total. The summed E-state index contributed by atoms with van der Waals surface area (Å²) in [6, 6.07) is 15.2. The van der Waals surface area contributed by atoms with Crippen molar-refractivity contribution in [2.75, 3.05) is 51.9 Å². The molecule has 1 fully saturated rings. The van der Waals surface area contributed by atoms with Gasteiger partial charge < -0.3 is 24.2 Å².